The Morgan fingerprint density at radius 1 is 1.06 bits per heavy atom. The van der Waals surface area contributed by atoms with E-state index in [0.717, 1.165) is 18.1 Å². The van der Waals surface area contributed by atoms with Gasteiger partial charge >= 0.3 is 0 Å². The SMILES string of the molecule is CCOc1cc(N)cc(OCC2CCCCC2)c1. The van der Waals surface area contributed by atoms with Crippen LogP contribution in [0.4, 0.5) is 5.69 Å². The Kier molecular flexibility index (Phi) is 4.73. The topological polar surface area (TPSA) is 44.5 Å². The van der Waals surface area contributed by atoms with Crippen molar-refractivity contribution in [3.63, 3.8) is 0 Å². The molecule has 3 nitrogen and oxygen atoms in total. The van der Waals surface area contributed by atoms with Gasteiger partial charge in [-0.05, 0) is 25.7 Å². The van der Waals surface area contributed by atoms with Crippen LogP contribution in [0.1, 0.15) is 39.0 Å². The summed E-state index contributed by atoms with van der Waals surface area (Å²) in [7, 11) is 0. The molecule has 1 saturated carbocycles. The first-order chi connectivity index (χ1) is 8.78. The van der Waals surface area contributed by atoms with Gasteiger partial charge in [0.25, 0.3) is 0 Å². The van der Waals surface area contributed by atoms with E-state index in [2.05, 4.69) is 0 Å². The van der Waals surface area contributed by atoms with Gasteiger partial charge in [0, 0.05) is 23.9 Å². The third kappa shape index (κ3) is 3.83. The molecule has 2 N–H and O–H groups in total. The lowest BCUT2D eigenvalue weighted by atomic mass is 9.90. The van der Waals surface area contributed by atoms with Crippen LogP contribution in [-0.4, -0.2) is 13.2 Å². The molecule has 0 saturated heterocycles. The van der Waals surface area contributed by atoms with Gasteiger partial charge in [-0.25, -0.2) is 0 Å². The Balaban J connectivity index is 1.91. The Hall–Kier alpha value is -1.38. The summed E-state index contributed by atoms with van der Waals surface area (Å²) in [5.41, 5.74) is 6.53. The van der Waals surface area contributed by atoms with E-state index in [0.29, 0.717) is 18.2 Å². The highest BCUT2D eigenvalue weighted by atomic mass is 16.5. The molecule has 1 fully saturated rings. The summed E-state index contributed by atoms with van der Waals surface area (Å²) < 4.78 is 11.3. The zero-order valence-corrected chi connectivity index (χ0v) is 11.2. The van der Waals surface area contributed by atoms with Crippen molar-refractivity contribution < 1.29 is 9.47 Å². The fourth-order valence-corrected chi connectivity index (χ4v) is 2.49. The maximum atomic E-state index is 5.85. The van der Waals surface area contributed by atoms with Crippen LogP contribution in [0.5, 0.6) is 11.5 Å². The van der Waals surface area contributed by atoms with Crippen LogP contribution >= 0.6 is 0 Å². The van der Waals surface area contributed by atoms with Crippen molar-refractivity contribution >= 4 is 5.69 Å². The third-order valence-electron chi connectivity index (χ3n) is 3.42. The van der Waals surface area contributed by atoms with Crippen LogP contribution in [0.2, 0.25) is 0 Å². The standard InChI is InChI=1S/C15H23NO2/c1-2-17-14-8-13(16)9-15(10-14)18-11-12-6-4-3-5-7-12/h8-10,12H,2-7,11,16H2,1H3. The van der Waals surface area contributed by atoms with E-state index in [1.54, 1.807) is 0 Å². The summed E-state index contributed by atoms with van der Waals surface area (Å²) in [6.07, 6.45) is 6.65. The molecule has 1 aromatic rings. The molecule has 1 aliphatic carbocycles. The molecule has 1 aromatic carbocycles. The Morgan fingerprint density at radius 2 is 1.72 bits per heavy atom. The first-order valence-corrected chi connectivity index (χ1v) is 6.94. The van der Waals surface area contributed by atoms with Crippen molar-refractivity contribution in [3.05, 3.63) is 18.2 Å². The number of nitrogens with two attached hydrogens (primary N) is 1. The zero-order valence-electron chi connectivity index (χ0n) is 11.2. The molecule has 0 spiro atoms. The van der Waals surface area contributed by atoms with E-state index in [1.807, 2.05) is 25.1 Å². The molecular formula is C15H23NO2. The smallest absolute Gasteiger partial charge is 0.125 e. The van der Waals surface area contributed by atoms with E-state index in [1.165, 1.54) is 32.1 Å². The average molecular weight is 249 g/mol. The van der Waals surface area contributed by atoms with Gasteiger partial charge in [-0.1, -0.05) is 19.3 Å². The number of benzene rings is 1. The van der Waals surface area contributed by atoms with Crippen molar-refractivity contribution in [1.29, 1.82) is 0 Å². The Bertz CT molecular complexity index is 373. The Morgan fingerprint density at radius 3 is 2.39 bits per heavy atom. The monoisotopic (exact) mass is 249 g/mol. The number of ether oxygens (including phenoxy) is 2. The number of hydrogen-bond donors (Lipinski definition) is 1. The highest BCUT2D eigenvalue weighted by Gasteiger charge is 2.14. The van der Waals surface area contributed by atoms with Crippen molar-refractivity contribution in [2.45, 2.75) is 39.0 Å². The molecule has 0 unspecified atom stereocenters. The summed E-state index contributed by atoms with van der Waals surface area (Å²) in [5.74, 6) is 2.32. The predicted molar refractivity (Wildman–Crippen MR) is 74.1 cm³/mol. The van der Waals surface area contributed by atoms with Gasteiger partial charge in [0.15, 0.2) is 0 Å². The van der Waals surface area contributed by atoms with Crippen LogP contribution in [0.25, 0.3) is 0 Å². The lowest BCUT2D eigenvalue weighted by Gasteiger charge is -2.21. The van der Waals surface area contributed by atoms with Gasteiger partial charge in [0.1, 0.15) is 11.5 Å². The summed E-state index contributed by atoms with van der Waals surface area (Å²) in [4.78, 5) is 0. The minimum atomic E-state index is 0.644. The third-order valence-corrected chi connectivity index (χ3v) is 3.42. The molecule has 0 amide bonds. The molecular weight excluding hydrogens is 226 g/mol. The van der Waals surface area contributed by atoms with E-state index < -0.39 is 0 Å². The van der Waals surface area contributed by atoms with E-state index in [-0.39, 0.29) is 0 Å². The van der Waals surface area contributed by atoms with Crippen LogP contribution in [0, 0.1) is 5.92 Å². The lowest BCUT2D eigenvalue weighted by Crippen LogP contribution is -2.15. The molecule has 100 valence electrons. The fourth-order valence-electron chi connectivity index (χ4n) is 2.49. The van der Waals surface area contributed by atoms with Crippen LogP contribution in [0.15, 0.2) is 18.2 Å². The van der Waals surface area contributed by atoms with Crippen LogP contribution < -0.4 is 15.2 Å². The van der Waals surface area contributed by atoms with Gasteiger partial charge < -0.3 is 15.2 Å². The number of nitrogen functional groups attached to an aromatic ring is 1. The number of anilines is 1. The molecule has 0 bridgehead atoms. The van der Waals surface area contributed by atoms with Gasteiger partial charge in [-0.2, -0.15) is 0 Å². The quantitative estimate of drug-likeness (QED) is 0.810. The van der Waals surface area contributed by atoms with Gasteiger partial charge in [0.2, 0.25) is 0 Å². The Labute approximate surface area is 109 Å². The highest BCUT2D eigenvalue weighted by molar-refractivity contribution is 5.50. The van der Waals surface area contributed by atoms with Crippen LogP contribution in [-0.2, 0) is 0 Å². The molecule has 0 aliphatic heterocycles. The first-order valence-electron chi connectivity index (χ1n) is 6.94. The van der Waals surface area contributed by atoms with E-state index in [4.69, 9.17) is 15.2 Å². The molecule has 1 aliphatic rings. The minimum Gasteiger partial charge on any atom is -0.494 e. The molecule has 0 atom stereocenters. The summed E-state index contributed by atoms with van der Waals surface area (Å²) in [6.45, 7) is 3.41. The van der Waals surface area contributed by atoms with Gasteiger partial charge in [0.05, 0.1) is 13.2 Å². The highest BCUT2D eigenvalue weighted by Crippen LogP contribution is 2.27. The normalized spacial score (nSPS) is 16.5. The van der Waals surface area contributed by atoms with Crippen molar-refractivity contribution in [3.8, 4) is 11.5 Å². The molecule has 18 heavy (non-hydrogen) atoms. The number of hydrogen-bond acceptors (Lipinski definition) is 3. The van der Waals surface area contributed by atoms with E-state index >= 15 is 0 Å². The predicted octanol–water partition coefficient (Wildman–Crippen LogP) is 3.63. The fraction of sp³-hybridized carbons (Fsp3) is 0.600. The molecule has 0 heterocycles. The largest absolute Gasteiger partial charge is 0.494 e. The summed E-state index contributed by atoms with van der Waals surface area (Å²) in [5, 5.41) is 0. The molecule has 0 radical (unpaired) electrons. The first kappa shape index (κ1) is 13.1. The van der Waals surface area contributed by atoms with Crippen LogP contribution in [0.3, 0.4) is 0 Å². The average Bonchev–Trinajstić information content (AvgIpc) is 2.37. The molecule has 0 aromatic heterocycles. The maximum Gasteiger partial charge on any atom is 0.125 e. The molecule has 2 rings (SSSR count). The second-order valence-electron chi connectivity index (χ2n) is 4.99. The van der Waals surface area contributed by atoms with Crippen molar-refractivity contribution in [2.75, 3.05) is 18.9 Å². The molecule has 3 heteroatoms. The van der Waals surface area contributed by atoms with Gasteiger partial charge in [-0.15, -0.1) is 0 Å². The second-order valence-corrected chi connectivity index (χ2v) is 4.99. The summed E-state index contributed by atoms with van der Waals surface area (Å²) in [6, 6.07) is 5.62. The van der Waals surface area contributed by atoms with Crippen molar-refractivity contribution in [1.82, 2.24) is 0 Å². The van der Waals surface area contributed by atoms with E-state index in [9.17, 15) is 0 Å². The summed E-state index contributed by atoms with van der Waals surface area (Å²) >= 11 is 0. The zero-order chi connectivity index (χ0) is 12.8. The number of rotatable bonds is 5. The minimum absolute atomic E-state index is 0.644. The maximum absolute atomic E-state index is 5.85. The van der Waals surface area contributed by atoms with Gasteiger partial charge in [-0.3, -0.25) is 0 Å². The second kappa shape index (κ2) is 6.53. The van der Waals surface area contributed by atoms with Crippen molar-refractivity contribution in [2.24, 2.45) is 5.92 Å². The lowest BCUT2D eigenvalue weighted by molar-refractivity contribution is 0.208.